The maximum absolute atomic E-state index is 3.66. The van der Waals surface area contributed by atoms with Gasteiger partial charge in [0.25, 0.3) is 0 Å². The Hall–Kier alpha value is -0.900. The molecule has 1 aromatic carbocycles. The van der Waals surface area contributed by atoms with E-state index in [4.69, 9.17) is 0 Å². The number of hydrogen-bond donors (Lipinski definition) is 1. The quantitative estimate of drug-likeness (QED) is 0.902. The summed E-state index contributed by atoms with van der Waals surface area (Å²) in [6.07, 6.45) is 2.74. The second kappa shape index (κ2) is 9.29. The van der Waals surface area contributed by atoms with Crippen LogP contribution in [0.4, 0.5) is 0 Å². The molecule has 2 heterocycles. The molecule has 2 atom stereocenters. The zero-order valence-corrected chi connectivity index (χ0v) is 14.6. The summed E-state index contributed by atoms with van der Waals surface area (Å²) in [4.78, 5) is 4.97. The highest BCUT2D eigenvalue weighted by Gasteiger charge is 2.31. The van der Waals surface area contributed by atoms with E-state index in [2.05, 4.69) is 66.2 Å². The van der Waals surface area contributed by atoms with Gasteiger partial charge in [-0.1, -0.05) is 51.1 Å². The fourth-order valence-corrected chi connectivity index (χ4v) is 3.53. The lowest BCUT2D eigenvalue weighted by Crippen LogP contribution is -2.50. The summed E-state index contributed by atoms with van der Waals surface area (Å²) in [6, 6.07) is 12.3. The van der Waals surface area contributed by atoms with Crippen molar-refractivity contribution in [1.82, 2.24) is 15.1 Å². The zero-order chi connectivity index (χ0) is 15.8. The summed E-state index contributed by atoms with van der Waals surface area (Å²) in [7, 11) is 0. The zero-order valence-electron chi connectivity index (χ0n) is 14.6. The number of piperazine rings is 1. The van der Waals surface area contributed by atoms with Gasteiger partial charge in [-0.3, -0.25) is 4.90 Å². The molecule has 1 aromatic rings. The predicted octanol–water partition coefficient (Wildman–Crippen LogP) is 2.97. The van der Waals surface area contributed by atoms with E-state index in [9.17, 15) is 0 Å². The molecule has 0 spiro atoms. The van der Waals surface area contributed by atoms with Gasteiger partial charge in [-0.25, -0.2) is 0 Å². The Morgan fingerprint density at radius 1 is 0.955 bits per heavy atom. The van der Waals surface area contributed by atoms with Crippen molar-refractivity contribution in [2.75, 3.05) is 32.7 Å². The van der Waals surface area contributed by atoms with Crippen molar-refractivity contribution >= 4 is 0 Å². The van der Waals surface area contributed by atoms with Crippen LogP contribution in [0.25, 0.3) is 0 Å². The van der Waals surface area contributed by atoms with Gasteiger partial charge in [0.1, 0.15) is 0 Å². The minimum atomic E-state index is 0.757. The van der Waals surface area contributed by atoms with Crippen molar-refractivity contribution in [1.29, 1.82) is 0 Å². The van der Waals surface area contributed by atoms with Crippen LogP contribution in [-0.2, 0) is 6.54 Å². The van der Waals surface area contributed by atoms with E-state index in [1.165, 1.54) is 51.1 Å². The smallest absolute Gasteiger partial charge is 0.0235 e. The minimum absolute atomic E-state index is 0.757. The second-order valence-electron chi connectivity index (χ2n) is 6.44. The highest BCUT2D eigenvalue weighted by Crippen LogP contribution is 2.21. The molecule has 3 heteroatoms. The average Bonchev–Trinajstić information content (AvgIpc) is 2.89. The highest BCUT2D eigenvalue weighted by atomic mass is 15.2. The van der Waals surface area contributed by atoms with Crippen LogP contribution in [0.1, 0.15) is 39.2 Å². The van der Waals surface area contributed by atoms with Gasteiger partial charge in [0.15, 0.2) is 0 Å². The normalized spacial score (nSPS) is 24.2. The number of nitrogens with zero attached hydrogens (tertiary/aromatic N) is 2. The third-order valence-electron chi connectivity index (χ3n) is 4.88. The Morgan fingerprint density at radius 2 is 1.50 bits per heavy atom. The molecule has 2 aliphatic rings. The van der Waals surface area contributed by atoms with Gasteiger partial charge in [-0.2, -0.15) is 0 Å². The molecule has 0 radical (unpaired) electrons. The highest BCUT2D eigenvalue weighted by molar-refractivity contribution is 5.14. The van der Waals surface area contributed by atoms with Gasteiger partial charge < -0.3 is 10.2 Å². The van der Waals surface area contributed by atoms with E-state index < -0.39 is 0 Å². The van der Waals surface area contributed by atoms with E-state index in [1.807, 2.05) is 0 Å². The molecule has 2 bridgehead atoms. The summed E-state index contributed by atoms with van der Waals surface area (Å²) in [5.74, 6) is 0. The van der Waals surface area contributed by atoms with Crippen molar-refractivity contribution in [3.8, 4) is 0 Å². The van der Waals surface area contributed by atoms with E-state index in [0.29, 0.717) is 0 Å². The molecule has 0 aromatic heterocycles. The molecule has 2 unspecified atom stereocenters. The van der Waals surface area contributed by atoms with Gasteiger partial charge in [-0.15, -0.1) is 0 Å². The number of rotatable bonds is 5. The van der Waals surface area contributed by atoms with Crippen LogP contribution in [0, 0.1) is 0 Å². The molecular formula is C19H33N3. The third-order valence-corrected chi connectivity index (χ3v) is 4.88. The van der Waals surface area contributed by atoms with E-state index in [0.717, 1.165) is 18.6 Å². The number of hydrogen-bond acceptors (Lipinski definition) is 3. The molecule has 1 N–H and O–H groups in total. The van der Waals surface area contributed by atoms with Crippen LogP contribution >= 0.6 is 0 Å². The molecule has 3 rings (SSSR count). The maximum atomic E-state index is 3.66. The summed E-state index contributed by atoms with van der Waals surface area (Å²) in [5, 5.41) is 3.66. The van der Waals surface area contributed by atoms with Crippen LogP contribution in [0.3, 0.4) is 0 Å². The Balaban J connectivity index is 0.000000217. The van der Waals surface area contributed by atoms with Gasteiger partial charge >= 0.3 is 0 Å². The first kappa shape index (κ1) is 17.5. The number of nitrogens with one attached hydrogen (secondary N) is 1. The third kappa shape index (κ3) is 5.38. The van der Waals surface area contributed by atoms with Crippen LogP contribution in [0.15, 0.2) is 30.3 Å². The molecule has 2 saturated heterocycles. The SMILES string of the molecule is CCN(CC)CC.c1ccc(CN2CC3CCC(C2)N3)cc1. The first-order chi connectivity index (χ1) is 10.7. The summed E-state index contributed by atoms with van der Waals surface area (Å²) >= 11 is 0. The second-order valence-corrected chi connectivity index (χ2v) is 6.44. The molecule has 124 valence electrons. The van der Waals surface area contributed by atoms with Crippen LogP contribution in [0.5, 0.6) is 0 Å². The van der Waals surface area contributed by atoms with E-state index in [-0.39, 0.29) is 0 Å². The fraction of sp³-hybridized carbons (Fsp3) is 0.684. The van der Waals surface area contributed by atoms with Crippen molar-refractivity contribution in [3.63, 3.8) is 0 Å². The minimum Gasteiger partial charge on any atom is -0.309 e. The standard InChI is InChI=1S/C13H18N2.C6H15N/c1-2-4-11(5-3-1)8-15-9-12-6-7-13(10-15)14-12;1-4-7(5-2)6-3/h1-5,12-14H,6-10H2;4-6H2,1-3H3. The molecule has 0 amide bonds. The Morgan fingerprint density at radius 3 is 1.95 bits per heavy atom. The van der Waals surface area contributed by atoms with E-state index >= 15 is 0 Å². The molecule has 0 aliphatic carbocycles. The predicted molar refractivity (Wildman–Crippen MR) is 95.1 cm³/mol. The van der Waals surface area contributed by atoms with Gasteiger partial charge in [0.05, 0.1) is 0 Å². The largest absolute Gasteiger partial charge is 0.309 e. The number of fused-ring (bicyclic) bond motifs is 2. The van der Waals surface area contributed by atoms with Crippen molar-refractivity contribution in [2.24, 2.45) is 0 Å². The lowest BCUT2D eigenvalue weighted by Gasteiger charge is -2.32. The lowest BCUT2D eigenvalue weighted by atomic mass is 10.1. The van der Waals surface area contributed by atoms with Crippen LogP contribution in [-0.4, -0.2) is 54.6 Å². The van der Waals surface area contributed by atoms with Crippen LogP contribution in [0.2, 0.25) is 0 Å². The summed E-state index contributed by atoms with van der Waals surface area (Å²) in [5.41, 5.74) is 1.44. The molecule has 2 aliphatic heterocycles. The number of likely N-dealkylation sites (tertiary alicyclic amines) is 1. The van der Waals surface area contributed by atoms with E-state index in [1.54, 1.807) is 0 Å². The Labute approximate surface area is 136 Å². The van der Waals surface area contributed by atoms with Gasteiger partial charge in [0, 0.05) is 31.7 Å². The molecule has 2 fully saturated rings. The molecular weight excluding hydrogens is 270 g/mol. The Bertz CT molecular complexity index is 385. The summed E-state index contributed by atoms with van der Waals surface area (Å²) < 4.78 is 0. The first-order valence-corrected chi connectivity index (χ1v) is 8.99. The van der Waals surface area contributed by atoms with Crippen molar-refractivity contribution in [2.45, 2.75) is 52.2 Å². The van der Waals surface area contributed by atoms with Crippen LogP contribution < -0.4 is 5.32 Å². The van der Waals surface area contributed by atoms with Gasteiger partial charge in [0.2, 0.25) is 0 Å². The van der Waals surface area contributed by atoms with Crippen molar-refractivity contribution < 1.29 is 0 Å². The first-order valence-electron chi connectivity index (χ1n) is 8.99. The van der Waals surface area contributed by atoms with Gasteiger partial charge in [-0.05, 0) is 38.0 Å². The summed E-state index contributed by atoms with van der Waals surface area (Å²) in [6.45, 7) is 13.7. The maximum Gasteiger partial charge on any atom is 0.0235 e. The lowest BCUT2D eigenvalue weighted by molar-refractivity contribution is 0.189. The molecule has 0 saturated carbocycles. The Kier molecular flexibility index (Phi) is 7.37. The topological polar surface area (TPSA) is 18.5 Å². The fourth-order valence-electron chi connectivity index (χ4n) is 3.53. The van der Waals surface area contributed by atoms with Crippen molar-refractivity contribution in [3.05, 3.63) is 35.9 Å². The molecule has 3 nitrogen and oxygen atoms in total. The average molecular weight is 303 g/mol. The number of benzene rings is 1. The molecule has 22 heavy (non-hydrogen) atoms. The monoisotopic (exact) mass is 303 g/mol.